The van der Waals surface area contributed by atoms with Crippen molar-refractivity contribution < 1.29 is 43.2 Å². The number of aliphatic hydroxyl groups excluding tert-OH is 1. The third kappa shape index (κ3) is 13.9. The first kappa shape index (κ1) is 46.8. The number of carbonyl (C=O) groups is 4. The molecule has 2 aromatic rings. The highest BCUT2D eigenvalue weighted by atomic mass is 32.2. The number of ether oxygens (including phenoxy) is 4. The number of aliphatic imine (C=N–C) groups is 1. The molecule has 0 spiro atoms. The summed E-state index contributed by atoms with van der Waals surface area (Å²) in [6.07, 6.45) is 4.30. The van der Waals surface area contributed by atoms with E-state index < -0.39 is 0 Å². The van der Waals surface area contributed by atoms with Crippen molar-refractivity contribution in [2.75, 3.05) is 76.6 Å². The SMILES string of the molecule is CC1(C)CC(=O)C(C(CCOCCOCCOCCOCCNC(=O)CCCCC2SCC3NC(=O)NC32)=NCCC(=O)N2Cc3ccccc3C#Cc3ccccc32)=C(O)C1. The van der Waals surface area contributed by atoms with E-state index in [0.29, 0.717) is 96.0 Å². The molecule has 2 aromatic carbocycles. The molecule has 62 heavy (non-hydrogen) atoms. The number of hydrogen-bond donors (Lipinski definition) is 4. The molecule has 0 saturated carbocycles. The predicted octanol–water partition coefficient (Wildman–Crippen LogP) is 5.26. The third-order valence-electron chi connectivity index (χ3n) is 11.2. The largest absolute Gasteiger partial charge is 0.511 e. The quantitative estimate of drug-likeness (QED) is 0.0471. The minimum atomic E-state index is -0.357. The zero-order valence-electron chi connectivity index (χ0n) is 36.0. The number of nitrogens with one attached hydrogen (secondary N) is 3. The molecule has 6 rings (SSSR count). The van der Waals surface area contributed by atoms with Gasteiger partial charge < -0.3 is 44.9 Å². The van der Waals surface area contributed by atoms with Gasteiger partial charge in [0.1, 0.15) is 5.76 Å². The number of unbranched alkanes of at least 4 members (excludes halogenated alkanes) is 1. The van der Waals surface area contributed by atoms with E-state index in [1.54, 1.807) is 4.90 Å². The molecule has 0 radical (unpaired) electrons. The number of allylic oxidation sites excluding steroid dienone is 2. The fraction of sp³-hybridized carbons (Fsp3) is 0.553. The lowest BCUT2D eigenvalue weighted by molar-refractivity contribution is -0.121. The fourth-order valence-electron chi connectivity index (χ4n) is 8.08. The van der Waals surface area contributed by atoms with Crippen LogP contribution < -0.4 is 20.9 Å². The van der Waals surface area contributed by atoms with E-state index in [1.165, 1.54) is 0 Å². The van der Waals surface area contributed by atoms with Crippen LogP contribution in [0.4, 0.5) is 10.5 Å². The molecule has 334 valence electrons. The second-order valence-electron chi connectivity index (χ2n) is 16.7. The van der Waals surface area contributed by atoms with E-state index in [-0.39, 0.29) is 72.0 Å². The number of Topliss-reactive ketones (excluding diaryl/α,β-unsaturated/α-hetero) is 1. The zero-order chi connectivity index (χ0) is 43.7. The van der Waals surface area contributed by atoms with Crippen LogP contribution in [0.1, 0.15) is 81.9 Å². The average Bonchev–Trinajstić information content (AvgIpc) is 3.79. The molecule has 15 heteroatoms. The number of nitrogens with zero attached hydrogens (tertiary/aromatic N) is 2. The van der Waals surface area contributed by atoms with Crippen molar-refractivity contribution in [3.05, 3.63) is 76.6 Å². The monoisotopic (exact) mass is 871 g/mol. The van der Waals surface area contributed by atoms with Crippen LogP contribution in [0.2, 0.25) is 0 Å². The molecular weight excluding hydrogens is 811 g/mol. The Labute approximate surface area is 369 Å². The highest BCUT2D eigenvalue weighted by molar-refractivity contribution is 8.00. The molecule has 4 aliphatic rings. The number of benzene rings is 2. The Morgan fingerprint density at radius 1 is 0.855 bits per heavy atom. The number of aliphatic hydroxyl groups is 1. The minimum Gasteiger partial charge on any atom is -0.511 e. The molecule has 3 atom stereocenters. The van der Waals surface area contributed by atoms with Gasteiger partial charge in [-0.05, 0) is 42.0 Å². The normalized spacial score (nSPS) is 20.3. The molecule has 2 fully saturated rings. The van der Waals surface area contributed by atoms with Gasteiger partial charge in [0.2, 0.25) is 11.8 Å². The van der Waals surface area contributed by atoms with Gasteiger partial charge in [-0.25, -0.2) is 4.79 Å². The molecule has 3 aliphatic heterocycles. The van der Waals surface area contributed by atoms with E-state index in [4.69, 9.17) is 23.9 Å². The van der Waals surface area contributed by atoms with Crippen molar-refractivity contribution in [2.45, 2.75) is 89.1 Å². The minimum absolute atomic E-state index is 0.0188. The Hall–Kier alpha value is -4.72. The van der Waals surface area contributed by atoms with Gasteiger partial charge in [-0.15, -0.1) is 0 Å². The Morgan fingerprint density at radius 3 is 2.29 bits per heavy atom. The second-order valence-corrected chi connectivity index (χ2v) is 17.9. The number of carbonyl (C=O) groups excluding carboxylic acids is 4. The van der Waals surface area contributed by atoms with Crippen LogP contribution >= 0.6 is 11.8 Å². The van der Waals surface area contributed by atoms with Crippen molar-refractivity contribution in [1.29, 1.82) is 0 Å². The topological polar surface area (TPSA) is 177 Å². The summed E-state index contributed by atoms with van der Waals surface area (Å²) < 4.78 is 22.6. The van der Waals surface area contributed by atoms with Crippen LogP contribution in [0.5, 0.6) is 0 Å². The second kappa shape index (κ2) is 23.6. The van der Waals surface area contributed by atoms with Gasteiger partial charge in [0.15, 0.2) is 5.78 Å². The number of fused-ring (bicyclic) bond motifs is 3. The Balaban J connectivity index is 0.834. The maximum atomic E-state index is 13.8. The maximum Gasteiger partial charge on any atom is 0.315 e. The maximum absolute atomic E-state index is 13.8. The summed E-state index contributed by atoms with van der Waals surface area (Å²) in [7, 11) is 0. The molecule has 1 aliphatic carbocycles. The summed E-state index contributed by atoms with van der Waals surface area (Å²) in [5.41, 5.74) is 3.69. The molecule has 3 heterocycles. The van der Waals surface area contributed by atoms with Gasteiger partial charge in [0.05, 0.1) is 88.5 Å². The highest BCUT2D eigenvalue weighted by Gasteiger charge is 2.42. The number of urea groups is 1. The number of anilines is 1. The number of amides is 4. The summed E-state index contributed by atoms with van der Waals surface area (Å²) in [4.78, 5) is 57.3. The van der Waals surface area contributed by atoms with Gasteiger partial charge in [0, 0.05) is 67.3 Å². The first-order valence-electron chi connectivity index (χ1n) is 21.8. The predicted molar refractivity (Wildman–Crippen MR) is 240 cm³/mol. The van der Waals surface area contributed by atoms with Crippen LogP contribution in [0, 0.1) is 17.3 Å². The first-order valence-corrected chi connectivity index (χ1v) is 22.9. The lowest BCUT2D eigenvalue weighted by Crippen LogP contribution is -2.36. The summed E-state index contributed by atoms with van der Waals surface area (Å²) in [5.74, 6) is 7.18. The summed E-state index contributed by atoms with van der Waals surface area (Å²) in [6, 6.07) is 15.8. The van der Waals surface area contributed by atoms with Crippen molar-refractivity contribution in [3.8, 4) is 11.8 Å². The Bertz CT molecular complexity index is 2010. The van der Waals surface area contributed by atoms with Crippen molar-refractivity contribution in [3.63, 3.8) is 0 Å². The standard InChI is InChI=1S/C47H61N5O9S/c1-47(2)29-39(53)44(40(54)30-47)36(48-19-17-43(56)52-31-35-11-4-3-9-33(35)15-16-34-10-5-6-12-38(34)52)18-21-58-23-25-60-27-28-61-26-24-59-22-20-49-42(55)14-8-7-13-41-45-37(32-62-41)50-46(57)51-45/h3-6,9-12,37,41,45,53H,7-8,13-14,17-32H2,1-2H3,(H,49,55)(H2,50,51,57). The number of hydrogen-bond acceptors (Lipinski definition) is 11. The van der Waals surface area contributed by atoms with Crippen molar-refractivity contribution in [2.24, 2.45) is 10.4 Å². The van der Waals surface area contributed by atoms with E-state index in [2.05, 4.69) is 27.8 Å². The number of para-hydroxylation sites is 1. The molecule has 14 nitrogen and oxygen atoms in total. The van der Waals surface area contributed by atoms with E-state index in [9.17, 15) is 24.3 Å². The van der Waals surface area contributed by atoms with E-state index in [1.807, 2.05) is 74.1 Å². The molecule has 4 N–H and O–H groups in total. The molecule has 4 amide bonds. The van der Waals surface area contributed by atoms with Gasteiger partial charge in [-0.3, -0.25) is 19.4 Å². The van der Waals surface area contributed by atoms with Crippen LogP contribution in [-0.2, 0) is 39.9 Å². The molecule has 0 bridgehead atoms. The van der Waals surface area contributed by atoms with Gasteiger partial charge >= 0.3 is 6.03 Å². The number of thioether (sulfide) groups is 1. The summed E-state index contributed by atoms with van der Waals surface area (Å²) in [5, 5.41) is 20.3. The van der Waals surface area contributed by atoms with Crippen LogP contribution in [0.25, 0.3) is 0 Å². The molecular formula is C47H61N5O9S. The van der Waals surface area contributed by atoms with Crippen molar-refractivity contribution in [1.82, 2.24) is 16.0 Å². The van der Waals surface area contributed by atoms with Gasteiger partial charge in [0.25, 0.3) is 0 Å². The fourth-order valence-corrected chi connectivity index (χ4v) is 9.63. The Morgan fingerprint density at radius 2 is 1.53 bits per heavy atom. The van der Waals surface area contributed by atoms with E-state index in [0.717, 1.165) is 47.4 Å². The lowest BCUT2D eigenvalue weighted by Gasteiger charge is -2.30. The smallest absolute Gasteiger partial charge is 0.315 e. The highest BCUT2D eigenvalue weighted by Crippen LogP contribution is 2.37. The summed E-state index contributed by atoms with van der Waals surface area (Å²) >= 11 is 1.89. The zero-order valence-corrected chi connectivity index (χ0v) is 36.8. The van der Waals surface area contributed by atoms with Crippen LogP contribution in [0.15, 0.2) is 64.9 Å². The Kier molecular flexibility index (Phi) is 17.8. The number of rotatable bonds is 24. The molecule has 0 aromatic heterocycles. The first-order chi connectivity index (χ1) is 30.1. The van der Waals surface area contributed by atoms with Crippen LogP contribution in [-0.4, -0.2) is 123 Å². The molecule has 3 unspecified atom stereocenters. The third-order valence-corrected chi connectivity index (χ3v) is 12.7. The lowest BCUT2D eigenvalue weighted by atomic mass is 9.75. The molecule has 2 saturated heterocycles. The average molecular weight is 872 g/mol. The van der Waals surface area contributed by atoms with Crippen LogP contribution in [0.3, 0.4) is 0 Å². The summed E-state index contributed by atoms with van der Waals surface area (Å²) in [6.45, 7) is 7.81. The van der Waals surface area contributed by atoms with Gasteiger partial charge in [-0.1, -0.05) is 62.4 Å². The van der Waals surface area contributed by atoms with E-state index >= 15 is 0 Å². The van der Waals surface area contributed by atoms with Gasteiger partial charge in [-0.2, -0.15) is 11.8 Å². The number of ketones is 1. The van der Waals surface area contributed by atoms with Crippen molar-refractivity contribution >= 4 is 46.8 Å².